The number of likely N-dealkylation sites (tertiary alicyclic amines) is 1. The number of nitrogens with one attached hydrogen (secondary N) is 2. The third kappa shape index (κ3) is 3.33. The van der Waals surface area contributed by atoms with E-state index in [9.17, 15) is 9.59 Å². The molecule has 1 aromatic heterocycles. The molecule has 2 aromatic rings. The summed E-state index contributed by atoms with van der Waals surface area (Å²) in [7, 11) is 1.64. The number of benzene rings is 1. The molecule has 0 aliphatic carbocycles. The lowest BCUT2D eigenvalue weighted by molar-refractivity contribution is -0.131. The van der Waals surface area contributed by atoms with Gasteiger partial charge in [-0.1, -0.05) is 0 Å². The van der Waals surface area contributed by atoms with Gasteiger partial charge in [-0.3, -0.25) is 14.5 Å². The fraction of sp³-hybridized carbons (Fsp3) is 0.545. The minimum absolute atomic E-state index is 0.0268. The average molecular weight is 412 g/mol. The average Bonchev–Trinajstić information content (AvgIpc) is 3.42. The Bertz CT molecular complexity index is 957. The summed E-state index contributed by atoms with van der Waals surface area (Å²) < 4.78 is 11.0. The summed E-state index contributed by atoms with van der Waals surface area (Å²) >= 11 is 0. The van der Waals surface area contributed by atoms with Gasteiger partial charge in [0, 0.05) is 43.2 Å². The first kappa shape index (κ1) is 19.4. The maximum absolute atomic E-state index is 13.1. The van der Waals surface area contributed by atoms with Crippen molar-refractivity contribution in [3.8, 4) is 5.75 Å². The maximum Gasteiger partial charge on any atom is 0.270 e. The van der Waals surface area contributed by atoms with Gasteiger partial charge < -0.3 is 24.7 Å². The zero-order chi connectivity index (χ0) is 20.7. The lowest BCUT2D eigenvalue weighted by Crippen LogP contribution is -2.67. The zero-order valence-electron chi connectivity index (χ0n) is 17.3. The molecule has 2 N–H and O–H groups in total. The van der Waals surface area contributed by atoms with Crippen LogP contribution in [-0.4, -0.2) is 84.7 Å². The Labute approximate surface area is 175 Å². The number of piperidine rings is 1. The van der Waals surface area contributed by atoms with Crippen LogP contribution in [0.2, 0.25) is 0 Å². The molecule has 0 saturated carbocycles. The highest BCUT2D eigenvalue weighted by Crippen LogP contribution is 2.33. The second-order valence-corrected chi connectivity index (χ2v) is 8.59. The van der Waals surface area contributed by atoms with Gasteiger partial charge in [0.2, 0.25) is 5.91 Å². The first-order valence-corrected chi connectivity index (χ1v) is 10.7. The van der Waals surface area contributed by atoms with Gasteiger partial charge in [0.15, 0.2) is 0 Å². The van der Waals surface area contributed by atoms with Crippen LogP contribution in [0.5, 0.6) is 5.75 Å². The summed E-state index contributed by atoms with van der Waals surface area (Å²) in [6.07, 6.45) is 2.69. The molecule has 160 valence electrons. The van der Waals surface area contributed by atoms with Crippen LogP contribution in [0.1, 0.15) is 29.8 Å². The van der Waals surface area contributed by atoms with E-state index in [4.69, 9.17) is 9.47 Å². The Morgan fingerprint density at radius 2 is 2.10 bits per heavy atom. The molecular formula is C22H28N4O4. The van der Waals surface area contributed by atoms with Crippen LogP contribution >= 0.6 is 0 Å². The van der Waals surface area contributed by atoms with Crippen LogP contribution in [0.15, 0.2) is 24.3 Å². The van der Waals surface area contributed by atoms with E-state index in [2.05, 4.69) is 15.2 Å². The van der Waals surface area contributed by atoms with Crippen LogP contribution in [0.3, 0.4) is 0 Å². The molecule has 3 saturated heterocycles. The molecule has 3 aliphatic heterocycles. The number of rotatable bonds is 3. The highest BCUT2D eigenvalue weighted by molar-refractivity contribution is 5.98. The number of amides is 2. The van der Waals surface area contributed by atoms with Gasteiger partial charge in [0.05, 0.1) is 25.8 Å². The number of carbonyl (C=O) groups excluding carboxylic acids is 2. The van der Waals surface area contributed by atoms with Gasteiger partial charge in [-0.25, -0.2) is 0 Å². The molecular weight excluding hydrogens is 384 g/mol. The summed E-state index contributed by atoms with van der Waals surface area (Å²) in [5, 5.41) is 3.98. The number of methoxy groups -OCH3 is 1. The van der Waals surface area contributed by atoms with E-state index < -0.39 is 0 Å². The van der Waals surface area contributed by atoms with Gasteiger partial charge in [0.1, 0.15) is 11.4 Å². The van der Waals surface area contributed by atoms with E-state index in [1.807, 2.05) is 29.2 Å². The lowest BCUT2D eigenvalue weighted by atomic mass is 9.89. The molecule has 1 aromatic carbocycles. The SMILES string of the molecule is COc1ccc2[nH]c(C(=O)N3CCC(N4CC(=O)NCC45CCOC5)CC3)cc2c1. The summed E-state index contributed by atoms with van der Waals surface area (Å²) in [5.41, 5.74) is 1.45. The monoisotopic (exact) mass is 412 g/mol. The lowest BCUT2D eigenvalue weighted by Gasteiger charge is -2.49. The van der Waals surface area contributed by atoms with Crippen molar-refractivity contribution >= 4 is 22.7 Å². The van der Waals surface area contributed by atoms with Gasteiger partial charge in [-0.2, -0.15) is 0 Å². The van der Waals surface area contributed by atoms with Crippen molar-refractivity contribution in [2.24, 2.45) is 0 Å². The van der Waals surface area contributed by atoms with Crippen molar-refractivity contribution < 1.29 is 19.1 Å². The normalized spacial score (nSPS) is 25.8. The molecule has 1 unspecified atom stereocenters. The predicted molar refractivity (Wildman–Crippen MR) is 112 cm³/mol. The molecule has 8 nitrogen and oxygen atoms in total. The summed E-state index contributed by atoms with van der Waals surface area (Å²) in [4.78, 5) is 32.7. The third-order valence-electron chi connectivity index (χ3n) is 6.87. The maximum atomic E-state index is 13.1. The standard InChI is InChI=1S/C22H28N4O4/c1-29-17-2-3-18-15(10-17)11-19(24-18)21(28)25-7-4-16(5-8-25)26-12-20(27)23-13-22(26)6-9-30-14-22/h2-3,10-11,16,24H,4-9,12-14H2,1H3,(H,23,27). The number of aromatic amines is 1. The molecule has 3 fully saturated rings. The van der Waals surface area contributed by atoms with Gasteiger partial charge in [-0.15, -0.1) is 0 Å². The first-order chi connectivity index (χ1) is 14.6. The molecule has 5 rings (SSSR count). The second kappa shape index (κ2) is 7.59. The van der Waals surface area contributed by atoms with Crippen LogP contribution < -0.4 is 10.1 Å². The predicted octanol–water partition coefficient (Wildman–Crippen LogP) is 1.37. The van der Waals surface area contributed by atoms with E-state index in [0.29, 0.717) is 44.5 Å². The number of piperazine rings is 1. The fourth-order valence-corrected chi connectivity index (χ4v) is 5.13. The number of nitrogens with zero attached hydrogens (tertiary/aromatic N) is 2. The van der Waals surface area contributed by atoms with Crippen LogP contribution in [0.4, 0.5) is 0 Å². The number of fused-ring (bicyclic) bond motifs is 1. The minimum Gasteiger partial charge on any atom is -0.497 e. The topological polar surface area (TPSA) is 86.9 Å². The van der Waals surface area contributed by atoms with Crippen molar-refractivity contribution in [2.45, 2.75) is 30.8 Å². The quantitative estimate of drug-likeness (QED) is 0.795. The van der Waals surface area contributed by atoms with Crippen LogP contribution in [0.25, 0.3) is 10.9 Å². The zero-order valence-corrected chi connectivity index (χ0v) is 17.3. The van der Waals surface area contributed by atoms with Crippen LogP contribution in [-0.2, 0) is 9.53 Å². The van der Waals surface area contributed by atoms with Gasteiger partial charge in [0.25, 0.3) is 5.91 Å². The molecule has 4 heterocycles. The van der Waals surface area contributed by atoms with Crippen molar-refractivity contribution in [2.75, 3.05) is 46.5 Å². The number of ether oxygens (including phenoxy) is 2. The summed E-state index contributed by atoms with van der Waals surface area (Å²) in [6, 6.07) is 7.94. The number of aromatic nitrogens is 1. The number of carbonyl (C=O) groups is 2. The number of hydrogen-bond acceptors (Lipinski definition) is 5. The summed E-state index contributed by atoms with van der Waals surface area (Å²) in [6.45, 7) is 3.88. The van der Waals surface area contributed by atoms with Crippen molar-refractivity contribution in [1.29, 1.82) is 0 Å². The fourth-order valence-electron chi connectivity index (χ4n) is 5.13. The number of H-pyrrole nitrogens is 1. The van der Waals surface area contributed by atoms with Gasteiger partial charge in [-0.05, 0) is 43.5 Å². The molecule has 0 radical (unpaired) electrons. The molecule has 2 amide bonds. The van der Waals surface area contributed by atoms with E-state index in [0.717, 1.165) is 42.5 Å². The van der Waals surface area contributed by atoms with E-state index >= 15 is 0 Å². The Morgan fingerprint density at radius 1 is 1.27 bits per heavy atom. The van der Waals surface area contributed by atoms with E-state index in [-0.39, 0.29) is 17.4 Å². The minimum atomic E-state index is -0.0823. The molecule has 0 bridgehead atoms. The Kier molecular flexibility index (Phi) is 4.91. The van der Waals surface area contributed by atoms with Crippen molar-refractivity contribution in [1.82, 2.24) is 20.1 Å². The third-order valence-corrected chi connectivity index (χ3v) is 6.87. The smallest absolute Gasteiger partial charge is 0.270 e. The van der Waals surface area contributed by atoms with E-state index in [1.165, 1.54) is 0 Å². The summed E-state index contributed by atoms with van der Waals surface area (Å²) in [5.74, 6) is 0.884. The molecule has 1 atom stereocenters. The van der Waals surface area contributed by atoms with Crippen LogP contribution in [0, 0.1) is 0 Å². The highest BCUT2D eigenvalue weighted by Gasteiger charge is 2.47. The Hall–Kier alpha value is -2.58. The largest absolute Gasteiger partial charge is 0.497 e. The Morgan fingerprint density at radius 3 is 2.83 bits per heavy atom. The first-order valence-electron chi connectivity index (χ1n) is 10.7. The molecule has 8 heteroatoms. The molecule has 1 spiro atoms. The van der Waals surface area contributed by atoms with E-state index in [1.54, 1.807) is 7.11 Å². The van der Waals surface area contributed by atoms with Gasteiger partial charge >= 0.3 is 0 Å². The molecule has 30 heavy (non-hydrogen) atoms. The number of hydrogen-bond donors (Lipinski definition) is 2. The Balaban J connectivity index is 1.27. The highest BCUT2D eigenvalue weighted by atomic mass is 16.5. The van der Waals surface area contributed by atoms with Crippen molar-refractivity contribution in [3.63, 3.8) is 0 Å². The molecule has 3 aliphatic rings. The second-order valence-electron chi connectivity index (χ2n) is 8.59. The van der Waals surface area contributed by atoms with Crippen molar-refractivity contribution in [3.05, 3.63) is 30.0 Å².